The number of hydrogen-bond acceptors (Lipinski definition) is 23. The van der Waals surface area contributed by atoms with E-state index in [4.69, 9.17) is 38.4 Å². The number of ether oxygens (including phenoxy) is 2. The van der Waals surface area contributed by atoms with Crippen LogP contribution in [0.3, 0.4) is 0 Å². The van der Waals surface area contributed by atoms with Crippen LogP contribution in [-0.4, -0.2) is 157 Å². The van der Waals surface area contributed by atoms with Crippen molar-refractivity contribution in [2.75, 3.05) is 13.6 Å². The number of nitrogens with one attached hydrogen (secondary N) is 10. The van der Waals surface area contributed by atoms with Crippen molar-refractivity contribution in [1.29, 1.82) is 0 Å². The number of carbonyl (C=O) groups excluding carboxylic acids is 11. The van der Waals surface area contributed by atoms with Crippen molar-refractivity contribution in [1.82, 2.24) is 53.2 Å². The Hall–Kier alpha value is -10.3. The number of carboxylic acid groups (broad SMARTS) is 2. The SMILES string of the molecule is C=C1N[C@@H]2C(=O)N[C@H](C(=O)N[C@H](C(=O)O)c3cc(O)cc(O)c3-c3cc2ccc3O)[C@H](O)c2ccc(c(Cl)c2)Oc2cc3cc(c2O)Oc2ccc(cc2Cl)[C@@H](O)[C@@H](NC(=O)[C@@H](CC(C)C)NC)C(=O)N[C@@H](CC(N)=O)C(=O)N[C@@H]13.CC(=O)NCCCC[C@H](NC(C)=O)C(=O)N[C@H](C)[C-]=O.C[CH-]C(=O)[O-].[Y]. The maximum absolute atomic E-state index is 15.1. The molecule has 106 heavy (non-hydrogen) atoms. The van der Waals surface area contributed by atoms with Gasteiger partial charge in [-0.2, -0.15) is 6.92 Å². The number of nitrogens with two attached hydrogens (primary N) is 1. The number of aliphatic carboxylic acids is 2. The second-order valence-corrected chi connectivity index (χ2v) is 25.5. The van der Waals surface area contributed by atoms with Gasteiger partial charge in [0.1, 0.15) is 71.2 Å². The molecule has 0 saturated carbocycles. The quantitative estimate of drug-likeness (QED) is 0.0439. The molecular weight excluding hydrogens is 1510 g/mol. The molecular formula is C70H80Cl2N11O22Y-3. The first kappa shape index (κ1) is 86.4. The van der Waals surface area contributed by atoms with E-state index in [1.165, 1.54) is 83.3 Å². The van der Waals surface area contributed by atoms with Gasteiger partial charge in [0.2, 0.25) is 58.9 Å². The molecule has 0 saturated heterocycles. The topological polar surface area (TPSA) is 534 Å². The van der Waals surface area contributed by atoms with E-state index in [-0.39, 0.29) is 106 Å². The van der Waals surface area contributed by atoms with Crippen molar-refractivity contribution in [3.05, 3.63) is 135 Å². The number of phenolic OH excluding ortho intramolecular Hbond substituents is 4. The van der Waals surface area contributed by atoms with Gasteiger partial charge in [0.05, 0.1) is 28.5 Å². The van der Waals surface area contributed by atoms with E-state index in [1.54, 1.807) is 6.29 Å². The third-order valence-electron chi connectivity index (χ3n) is 16.2. The number of amides is 9. The molecule has 0 spiro atoms. The van der Waals surface area contributed by atoms with Gasteiger partial charge in [-0.25, -0.2) is 11.1 Å². The Bertz CT molecular complexity index is 4170. The smallest absolute Gasteiger partial charge is 0.330 e. The Balaban J connectivity index is 0.000000661. The number of aliphatic hydroxyl groups is 2. The van der Waals surface area contributed by atoms with Crippen LogP contribution < -0.4 is 73.5 Å². The minimum Gasteiger partial charge on any atom is -0.584 e. The first-order valence-corrected chi connectivity index (χ1v) is 33.1. The molecule has 10 rings (SSSR count). The van der Waals surface area contributed by atoms with Crippen LogP contribution in [0.4, 0.5) is 0 Å². The van der Waals surface area contributed by atoms with E-state index in [0.717, 1.165) is 36.8 Å². The molecule has 5 heterocycles. The minimum absolute atomic E-state index is 0. The minimum atomic E-state index is -2.13. The van der Waals surface area contributed by atoms with Gasteiger partial charge in [0.25, 0.3) is 0 Å². The number of aromatic hydroxyl groups is 4. The Morgan fingerprint density at radius 3 is 1.81 bits per heavy atom. The van der Waals surface area contributed by atoms with Gasteiger partial charge in [-0.05, 0) is 115 Å². The number of phenols is 4. The molecule has 19 N–H and O–H groups in total. The molecule has 5 aliphatic heterocycles. The number of rotatable bonds is 18. The van der Waals surface area contributed by atoms with Crippen LogP contribution in [0.1, 0.15) is 132 Å². The number of aliphatic hydroxyl groups excluding tert-OH is 2. The molecule has 33 nitrogen and oxygen atoms in total. The molecule has 11 atom stereocenters. The number of benzene rings is 5. The van der Waals surface area contributed by atoms with Gasteiger partial charge < -0.3 is 125 Å². The van der Waals surface area contributed by atoms with Crippen molar-refractivity contribution in [2.45, 2.75) is 140 Å². The summed E-state index contributed by atoms with van der Waals surface area (Å²) in [5.41, 5.74) is 3.69. The number of primary amides is 1. The van der Waals surface area contributed by atoms with Crippen LogP contribution in [0.25, 0.3) is 11.1 Å². The predicted octanol–water partition coefficient (Wildman–Crippen LogP) is 1.75. The van der Waals surface area contributed by atoms with Crippen molar-refractivity contribution in [3.63, 3.8) is 0 Å². The van der Waals surface area contributed by atoms with Gasteiger partial charge >= 0.3 is 5.97 Å². The largest absolute Gasteiger partial charge is 0.584 e. The van der Waals surface area contributed by atoms with Gasteiger partial charge in [-0.1, -0.05) is 80.8 Å². The van der Waals surface area contributed by atoms with Crippen LogP contribution >= 0.6 is 23.2 Å². The second-order valence-electron chi connectivity index (χ2n) is 24.7. The zero-order valence-corrected chi connectivity index (χ0v) is 62.5. The van der Waals surface area contributed by atoms with E-state index in [2.05, 4.69) is 59.7 Å². The van der Waals surface area contributed by atoms with E-state index < -0.39 is 172 Å². The fourth-order valence-corrected chi connectivity index (χ4v) is 11.5. The summed E-state index contributed by atoms with van der Waals surface area (Å²) < 4.78 is 12.4. The maximum atomic E-state index is 15.1. The van der Waals surface area contributed by atoms with Crippen molar-refractivity contribution >= 4 is 94.6 Å². The molecule has 11 bridgehead atoms. The average Bonchev–Trinajstić information content (AvgIpc) is 0.768. The van der Waals surface area contributed by atoms with E-state index >= 15 is 4.79 Å². The second kappa shape index (κ2) is 39.2. The number of unbranched alkanes of at least 4 members (excludes halogenated alkanes) is 1. The van der Waals surface area contributed by atoms with E-state index in [0.29, 0.717) is 32.2 Å². The molecule has 0 unspecified atom stereocenters. The zero-order chi connectivity index (χ0) is 78.0. The molecule has 9 amide bonds. The third kappa shape index (κ3) is 23.1. The van der Waals surface area contributed by atoms with Crippen LogP contribution in [0, 0.1) is 12.3 Å². The van der Waals surface area contributed by atoms with Gasteiger partial charge in [0.15, 0.2) is 17.5 Å². The summed E-state index contributed by atoms with van der Waals surface area (Å²) in [6.07, 6.45) is -0.126. The number of carbonyl (C=O) groups is 11. The molecule has 5 aliphatic rings. The Kier molecular flexibility index (Phi) is 31.9. The van der Waals surface area contributed by atoms with Crippen LogP contribution in [0.5, 0.6) is 46.0 Å². The Morgan fingerprint density at radius 1 is 0.689 bits per heavy atom. The summed E-state index contributed by atoms with van der Waals surface area (Å²) in [6.45, 7) is 14.1. The van der Waals surface area contributed by atoms with Crippen molar-refractivity contribution in [2.24, 2.45) is 11.7 Å². The summed E-state index contributed by atoms with van der Waals surface area (Å²) in [5.74, 6) is -14.4. The standard InChI is InChI=1S/C54H54Cl2N8O16.C13H22N3O4.C3H5O2.Y/c1-20(2)11-31(58-4)49(72)63-44-46(69)23-6-9-35(29(55)13-23)79-37-15-25-16-38(48(37)71)80-36-10-7-24(14-30(36)56)47(70)45-53(76)62-43(54(77)78)28-17-26(65)18-34(67)40(28)27-12-22(5-8-33(27)66)42(51(74)64-45)59-21(3)41(25)61-50(73)32(19-39(57)68)60-52(44)75;1-9(8-17)15-13(20)12(16-11(3)19)6-4-5-7-14-10(2)18;1-2-3(4)5;/h5-10,12-18,20,31-32,41-47,58-59,65-67,69-71H,3,11,19H2,1-2,4H3,(H2,57,68)(H,60,75)(H,61,73)(H,62,76)(H,63,72)(H,64,74)(H,77,78);9,12H,4-7H2,1-3H3,(H,14,18)(H,15,20)(H,16,19);2H,1H3,(H,4,5);/q;2*-1;/p-1/t31-,32+,41+,42+,43+,44-,45+,46-,47-;9-,12+;;/m11../s1. The fraction of sp³-hybridized carbons (Fsp3) is 0.357. The first-order chi connectivity index (χ1) is 49.5. The first-order valence-electron chi connectivity index (χ1n) is 32.4. The van der Waals surface area contributed by atoms with E-state index in [1.807, 2.05) is 13.8 Å². The average molecular weight is 1590 g/mol. The summed E-state index contributed by atoms with van der Waals surface area (Å²) in [6, 6.07) is 1.15. The number of fused-ring (bicyclic) bond motifs is 15. The fourth-order valence-electron chi connectivity index (χ4n) is 11.1. The third-order valence-corrected chi connectivity index (χ3v) is 16.8. The Morgan fingerprint density at radius 2 is 1.28 bits per heavy atom. The number of likely N-dealkylation sites (N-methyl/N-ethyl adjacent to an activating group) is 1. The molecule has 36 heteroatoms. The normalized spacial score (nSPS) is 19.7. The number of halogens is 2. The van der Waals surface area contributed by atoms with Crippen LogP contribution in [0.2, 0.25) is 10.0 Å². The van der Waals surface area contributed by atoms with Crippen LogP contribution in [0.15, 0.2) is 91.1 Å². The summed E-state index contributed by atoms with van der Waals surface area (Å²) in [5, 5.41) is 114. The monoisotopic (exact) mass is 1590 g/mol. The Labute approximate surface area is 642 Å². The van der Waals surface area contributed by atoms with Gasteiger partial charge in [0, 0.05) is 81.6 Å². The van der Waals surface area contributed by atoms with E-state index in [9.17, 15) is 93.6 Å². The van der Waals surface area contributed by atoms with Crippen molar-refractivity contribution < 1.29 is 141 Å². The molecule has 1 radical (unpaired) electrons. The molecule has 5 aromatic rings. The van der Waals surface area contributed by atoms with Gasteiger partial charge in [-0.15, -0.1) is 0 Å². The molecule has 0 fully saturated rings. The predicted molar refractivity (Wildman–Crippen MR) is 373 cm³/mol. The molecule has 0 aliphatic carbocycles. The van der Waals surface area contributed by atoms with Crippen LogP contribution in [-0.2, 0) is 90.2 Å². The summed E-state index contributed by atoms with van der Waals surface area (Å²) in [7, 11) is 1.52. The maximum Gasteiger partial charge on any atom is 0.330 e. The molecule has 0 aromatic heterocycles. The summed E-state index contributed by atoms with van der Waals surface area (Å²) >= 11 is 13.6. The van der Waals surface area contributed by atoms with Gasteiger partial charge in [-0.3, -0.25) is 43.2 Å². The zero-order valence-electron chi connectivity index (χ0n) is 58.1. The van der Waals surface area contributed by atoms with Crippen molar-refractivity contribution in [3.8, 4) is 57.1 Å². The molecule has 5 aromatic carbocycles. The number of hydrogen-bond donors (Lipinski definition) is 18. The summed E-state index contributed by atoms with van der Waals surface area (Å²) in [4.78, 5) is 152. The number of carboxylic acids is 2. The molecule has 567 valence electrons.